The Hall–Kier alpha value is -6.81. The quantitative estimate of drug-likeness (QED) is 0.176. The van der Waals surface area contributed by atoms with Crippen LogP contribution in [0.1, 0.15) is 0 Å². The maximum atomic E-state index is 2.47. The van der Waals surface area contributed by atoms with Gasteiger partial charge in [-0.1, -0.05) is 145 Å². The minimum Gasteiger partial charge on any atom is -0.309 e. The number of rotatable bonds is 4. The summed E-state index contributed by atoms with van der Waals surface area (Å²) in [5.74, 6) is 0. The second-order valence-corrected chi connectivity index (χ2v) is 15.6. The van der Waals surface area contributed by atoms with Gasteiger partial charge in [0.25, 0.3) is 0 Å². The van der Waals surface area contributed by atoms with Crippen molar-refractivity contribution in [2.45, 2.75) is 9.79 Å². The second-order valence-electron chi connectivity index (χ2n) is 14.5. The van der Waals surface area contributed by atoms with Crippen molar-refractivity contribution < 1.29 is 0 Å². The average molecular weight is 717 g/mol. The molecule has 0 bridgehead atoms. The lowest BCUT2D eigenvalue weighted by Crippen LogP contribution is -1.99. The number of hydrogen-bond acceptors (Lipinski definition) is 1. The minimum atomic E-state index is 1.16. The SMILES string of the molecule is c1ccc(-c2cccc(-n3c4ccccc4c4c5cccc6c5c(cc43)-c3ccc(-n4c5ccccc5c5cc(-c7ccccc7)ccc54)cc3S6)c2)cc1. The van der Waals surface area contributed by atoms with E-state index in [1.54, 1.807) is 0 Å². The highest BCUT2D eigenvalue weighted by Gasteiger charge is 2.25. The Balaban J connectivity index is 1.08. The van der Waals surface area contributed by atoms with E-state index in [1.165, 1.54) is 103 Å². The minimum absolute atomic E-state index is 1.16. The molecule has 2 nitrogen and oxygen atoms in total. The third kappa shape index (κ3) is 4.57. The normalized spacial score (nSPS) is 12.3. The molecule has 0 aliphatic carbocycles. The third-order valence-electron chi connectivity index (χ3n) is 11.5. The molecule has 0 fully saturated rings. The summed E-state index contributed by atoms with van der Waals surface area (Å²) < 4.78 is 4.91. The van der Waals surface area contributed by atoms with E-state index in [1.807, 2.05) is 11.8 Å². The number of fused-ring (bicyclic) bond motifs is 9. The first kappa shape index (κ1) is 30.6. The summed E-state index contributed by atoms with van der Waals surface area (Å²) in [6, 6.07) is 71.3. The van der Waals surface area contributed by atoms with Crippen molar-refractivity contribution >= 4 is 66.1 Å². The molecule has 12 rings (SSSR count). The number of aromatic nitrogens is 2. The Bertz CT molecular complexity index is 3330. The van der Waals surface area contributed by atoms with E-state index in [0.29, 0.717) is 0 Å². The molecule has 0 amide bonds. The summed E-state index contributed by atoms with van der Waals surface area (Å²) >= 11 is 1.89. The molecule has 0 radical (unpaired) electrons. The number of benzene rings is 9. The first-order valence-electron chi connectivity index (χ1n) is 18.8. The van der Waals surface area contributed by atoms with Crippen molar-refractivity contribution in [2.75, 3.05) is 0 Å². The topological polar surface area (TPSA) is 9.86 Å². The van der Waals surface area contributed by atoms with Gasteiger partial charge in [-0.05, 0) is 99.4 Å². The van der Waals surface area contributed by atoms with E-state index < -0.39 is 0 Å². The summed E-state index contributed by atoms with van der Waals surface area (Å²) in [6.45, 7) is 0. The zero-order valence-electron chi connectivity index (χ0n) is 29.8. The second kappa shape index (κ2) is 11.8. The molecular weight excluding hydrogens is 685 g/mol. The highest BCUT2D eigenvalue weighted by atomic mass is 32.2. The molecule has 0 saturated heterocycles. The molecule has 2 aromatic heterocycles. The Morgan fingerprint density at radius 2 is 0.891 bits per heavy atom. The Labute approximate surface area is 322 Å². The molecule has 11 aromatic rings. The van der Waals surface area contributed by atoms with Gasteiger partial charge in [-0.2, -0.15) is 0 Å². The van der Waals surface area contributed by atoms with Gasteiger partial charge in [0, 0.05) is 48.1 Å². The first-order chi connectivity index (χ1) is 27.3. The molecule has 0 atom stereocenters. The van der Waals surface area contributed by atoms with E-state index in [4.69, 9.17) is 0 Å². The van der Waals surface area contributed by atoms with Crippen molar-refractivity contribution in [1.29, 1.82) is 0 Å². The van der Waals surface area contributed by atoms with Crippen LogP contribution >= 0.6 is 11.8 Å². The summed E-state index contributed by atoms with van der Waals surface area (Å²) in [4.78, 5) is 2.58. The van der Waals surface area contributed by atoms with Gasteiger partial charge in [0.05, 0.1) is 22.1 Å². The van der Waals surface area contributed by atoms with E-state index in [-0.39, 0.29) is 0 Å². The highest BCUT2D eigenvalue weighted by Crippen LogP contribution is 2.52. The van der Waals surface area contributed by atoms with Crippen molar-refractivity contribution in [1.82, 2.24) is 9.13 Å². The van der Waals surface area contributed by atoms with Crippen LogP contribution in [0.4, 0.5) is 0 Å². The molecule has 1 aliphatic rings. The number of hydrogen-bond donors (Lipinski definition) is 0. The lowest BCUT2D eigenvalue weighted by molar-refractivity contribution is 1.16. The maximum absolute atomic E-state index is 2.47. The average Bonchev–Trinajstić information content (AvgIpc) is 3.77. The van der Waals surface area contributed by atoms with Crippen molar-refractivity contribution in [3.8, 4) is 44.8 Å². The molecule has 0 N–H and O–H groups in total. The molecule has 3 heteroatoms. The van der Waals surface area contributed by atoms with E-state index in [9.17, 15) is 0 Å². The molecule has 0 unspecified atom stereocenters. The van der Waals surface area contributed by atoms with E-state index >= 15 is 0 Å². The lowest BCUT2D eigenvalue weighted by atomic mass is 9.94. The smallest absolute Gasteiger partial charge is 0.0553 e. The fraction of sp³-hybridized carbons (Fsp3) is 0. The van der Waals surface area contributed by atoms with Crippen LogP contribution < -0.4 is 0 Å². The van der Waals surface area contributed by atoms with Crippen LogP contribution in [0.15, 0.2) is 204 Å². The monoisotopic (exact) mass is 716 g/mol. The predicted molar refractivity (Wildman–Crippen MR) is 233 cm³/mol. The van der Waals surface area contributed by atoms with Gasteiger partial charge in [-0.25, -0.2) is 0 Å². The Kier molecular flexibility index (Phi) is 6.60. The van der Waals surface area contributed by atoms with Crippen LogP contribution in [0, 0.1) is 0 Å². The third-order valence-corrected chi connectivity index (χ3v) is 12.6. The number of nitrogens with zero attached hydrogens (tertiary/aromatic N) is 2. The summed E-state index contributed by atoms with van der Waals surface area (Å²) in [5.41, 5.74) is 14.7. The summed E-state index contributed by atoms with van der Waals surface area (Å²) in [5, 5.41) is 7.76. The molecule has 256 valence electrons. The standard InChI is InChI=1S/C52H32N2S/c1-3-13-33(14-4-1)35-17-11-18-37(29-35)54-46-23-10-8-20-41(46)51-42-21-12-24-49-52(42)44(32-48(51)54)40-27-26-38(31-50(40)55-49)53-45-22-9-7-19-39(45)43-30-36(25-28-47(43)53)34-15-5-2-6-16-34/h1-32H. The summed E-state index contributed by atoms with van der Waals surface area (Å²) in [7, 11) is 0. The van der Waals surface area contributed by atoms with Gasteiger partial charge >= 0.3 is 0 Å². The van der Waals surface area contributed by atoms with Crippen LogP contribution in [-0.2, 0) is 0 Å². The van der Waals surface area contributed by atoms with E-state index in [2.05, 4.69) is 203 Å². The largest absolute Gasteiger partial charge is 0.309 e. The van der Waals surface area contributed by atoms with Crippen LogP contribution in [0.3, 0.4) is 0 Å². The molecule has 9 aromatic carbocycles. The predicted octanol–water partition coefficient (Wildman–Crippen LogP) is 14.5. The highest BCUT2D eigenvalue weighted by molar-refractivity contribution is 7.99. The Morgan fingerprint density at radius 1 is 0.291 bits per heavy atom. The fourth-order valence-electron chi connectivity index (χ4n) is 9.07. The molecular formula is C52H32N2S. The first-order valence-corrected chi connectivity index (χ1v) is 19.7. The van der Waals surface area contributed by atoms with Crippen LogP contribution in [0.2, 0.25) is 0 Å². The van der Waals surface area contributed by atoms with Gasteiger partial charge in [-0.3, -0.25) is 0 Å². The van der Waals surface area contributed by atoms with Crippen LogP contribution in [-0.4, -0.2) is 9.13 Å². The van der Waals surface area contributed by atoms with Crippen LogP contribution in [0.5, 0.6) is 0 Å². The maximum Gasteiger partial charge on any atom is 0.0553 e. The molecule has 55 heavy (non-hydrogen) atoms. The van der Waals surface area contributed by atoms with Gasteiger partial charge in [-0.15, -0.1) is 0 Å². The van der Waals surface area contributed by atoms with Gasteiger partial charge in [0.2, 0.25) is 0 Å². The molecule has 0 spiro atoms. The molecule has 0 saturated carbocycles. The molecule has 3 heterocycles. The Morgan fingerprint density at radius 3 is 1.69 bits per heavy atom. The van der Waals surface area contributed by atoms with Crippen LogP contribution in [0.25, 0.3) is 99.1 Å². The molecule has 1 aliphatic heterocycles. The fourth-order valence-corrected chi connectivity index (χ4v) is 10.2. The van der Waals surface area contributed by atoms with Crippen molar-refractivity contribution in [2.24, 2.45) is 0 Å². The number of para-hydroxylation sites is 2. The van der Waals surface area contributed by atoms with Gasteiger partial charge < -0.3 is 9.13 Å². The van der Waals surface area contributed by atoms with Gasteiger partial charge in [0.15, 0.2) is 0 Å². The lowest BCUT2D eigenvalue weighted by Gasteiger charge is -2.22. The zero-order chi connectivity index (χ0) is 36.0. The van der Waals surface area contributed by atoms with Gasteiger partial charge in [0.1, 0.15) is 0 Å². The summed E-state index contributed by atoms with van der Waals surface area (Å²) in [6.07, 6.45) is 0. The van der Waals surface area contributed by atoms with Crippen molar-refractivity contribution in [3.05, 3.63) is 194 Å². The zero-order valence-corrected chi connectivity index (χ0v) is 30.6. The van der Waals surface area contributed by atoms with E-state index in [0.717, 1.165) is 5.69 Å². The van der Waals surface area contributed by atoms with Crippen molar-refractivity contribution in [3.63, 3.8) is 0 Å².